The molecule has 4 unspecified atom stereocenters. The predicted octanol–water partition coefficient (Wildman–Crippen LogP) is 7.39. The van der Waals surface area contributed by atoms with Gasteiger partial charge in [-0.15, -0.1) is 0 Å². The van der Waals surface area contributed by atoms with Gasteiger partial charge in [0.15, 0.2) is 0 Å². The lowest BCUT2D eigenvalue weighted by Crippen LogP contribution is -2.30. The molecule has 0 amide bonds. The van der Waals surface area contributed by atoms with Crippen molar-refractivity contribution in [3.05, 3.63) is 47.0 Å². The van der Waals surface area contributed by atoms with Crippen LogP contribution in [-0.2, 0) is 4.74 Å². The van der Waals surface area contributed by atoms with Crippen LogP contribution in [0, 0.1) is 29.4 Å². The zero-order valence-electron chi connectivity index (χ0n) is 18.1. The number of rotatable bonds is 5. The third-order valence-corrected chi connectivity index (χ3v) is 7.60. The Balaban J connectivity index is 1.51. The quantitative estimate of drug-likeness (QED) is 0.477. The summed E-state index contributed by atoms with van der Waals surface area (Å²) in [5.41, 5.74) is 0.553. The van der Waals surface area contributed by atoms with Crippen LogP contribution >= 0.6 is 0 Å². The molecular weight excluding hydrogens is 382 g/mol. The first-order chi connectivity index (χ1) is 14.5. The number of hydrogen-bond acceptors (Lipinski definition) is 2. The van der Waals surface area contributed by atoms with E-state index in [9.17, 15) is 13.6 Å². The second-order valence-electron chi connectivity index (χ2n) is 9.37. The maximum absolute atomic E-state index is 14.7. The highest BCUT2D eigenvalue weighted by Crippen LogP contribution is 2.48. The summed E-state index contributed by atoms with van der Waals surface area (Å²) in [5.74, 6) is 0.328. The van der Waals surface area contributed by atoms with E-state index in [-0.39, 0.29) is 5.39 Å². The van der Waals surface area contributed by atoms with E-state index in [4.69, 9.17) is 0 Å². The molecule has 0 radical (unpaired) electrons. The maximum atomic E-state index is 14.7. The molecule has 0 N–H and O–H groups in total. The minimum atomic E-state index is -0.983. The fourth-order valence-electron chi connectivity index (χ4n) is 5.94. The van der Waals surface area contributed by atoms with Crippen molar-refractivity contribution in [3.8, 4) is 0 Å². The molecule has 4 atom stereocenters. The van der Waals surface area contributed by atoms with Crippen LogP contribution in [0.15, 0.2) is 24.3 Å². The minimum Gasteiger partial charge on any atom is -0.465 e. The van der Waals surface area contributed by atoms with E-state index in [1.807, 2.05) is 12.1 Å². The summed E-state index contributed by atoms with van der Waals surface area (Å²) >= 11 is 0. The summed E-state index contributed by atoms with van der Waals surface area (Å²) in [6.45, 7) is 2.27. The van der Waals surface area contributed by atoms with Gasteiger partial charge in [-0.1, -0.05) is 50.8 Å². The molecule has 30 heavy (non-hydrogen) atoms. The Morgan fingerprint density at radius 2 is 1.83 bits per heavy atom. The Labute approximate surface area is 178 Å². The molecule has 4 rings (SSSR count). The van der Waals surface area contributed by atoms with Crippen LogP contribution in [0.1, 0.15) is 86.6 Å². The number of carbonyl (C=O) groups is 1. The molecule has 2 fully saturated rings. The molecule has 2 aliphatic carbocycles. The van der Waals surface area contributed by atoms with Gasteiger partial charge in [0, 0.05) is 5.39 Å². The number of methoxy groups -OCH3 is 1. The van der Waals surface area contributed by atoms with E-state index in [0.29, 0.717) is 11.3 Å². The van der Waals surface area contributed by atoms with Crippen molar-refractivity contribution in [3.63, 3.8) is 0 Å². The van der Waals surface area contributed by atoms with Crippen LogP contribution in [0.2, 0.25) is 0 Å². The highest BCUT2D eigenvalue weighted by molar-refractivity contribution is 5.96. The van der Waals surface area contributed by atoms with Gasteiger partial charge in [-0.2, -0.15) is 0 Å². The lowest BCUT2D eigenvalue weighted by atomic mass is 9.63. The smallest absolute Gasteiger partial charge is 0.343 e. The van der Waals surface area contributed by atoms with Crippen LogP contribution in [0.5, 0.6) is 0 Å². The third kappa shape index (κ3) is 4.10. The standard InChI is InChI=1S/C26H32F2O2/c1-3-4-5-16-6-7-18-13-19(9-8-17(18)12-16)20-10-11-22-21(14-20)15-23(27)24(25(22)28)26(29)30-2/h10-11,14-19H,3-9,12-13H2,1-2H3. The maximum Gasteiger partial charge on any atom is 0.343 e. The third-order valence-electron chi connectivity index (χ3n) is 7.60. The van der Waals surface area contributed by atoms with Crippen LogP contribution in [0.3, 0.4) is 0 Å². The lowest BCUT2D eigenvalue weighted by Gasteiger charge is -2.42. The Bertz CT molecular complexity index is 923. The zero-order valence-corrected chi connectivity index (χ0v) is 18.1. The molecule has 162 valence electrons. The largest absolute Gasteiger partial charge is 0.465 e. The average molecular weight is 415 g/mol. The SMILES string of the molecule is CCCCC1CCC2CC(c3ccc4c(F)c(C(=O)OC)c(F)cc4c3)CCC2C1. The number of hydrogen-bond donors (Lipinski definition) is 0. The number of unbranched alkanes of at least 4 members (excludes halogenated alkanes) is 1. The minimum absolute atomic E-state index is 0.269. The highest BCUT2D eigenvalue weighted by Gasteiger charge is 2.35. The monoisotopic (exact) mass is 414 g/mol. The summed E-state index contributed by atoms with van der Waals surface area (Å²) in [6.07, 6.45) is 11.7. The Morgan fingerprint density at radius 1 is 1.07 bits per heavy atom. The van der Waals surface area contributed by atoms with Crippen molar-refractivity contribution in [2.24, 2.45) is 17.8 Å². The molecule has 2 aromatic carbocycles. The molecule has 0 bridgehead atoms. The first-order valence-corrected chi connectivity index (χ1v) is 11.5. The number of benzene rings is 2. The Kier molecular flexibility index (Phi) is 6.40. The molecular formula is C26H32F2O2. The van der Waals surface area contributed by atoms with E-state index in [1.54, 1.807) is 6.07 Å². The van der Waals surface area contributed by atoms with Crippen molar-refractivity contribution in [2.45, 2.75) is 70.6 Å². The van der Waals surface area contributed by atoms with Crippen molar-refractivity contribution in [1.29, 1.82) is 0 Å². The van der Waals surface area contributed by atoms with Gasteiger partial charge in [0.1, 0.15) is 17.2 Å². The van der Waals surface area contributed by atoms with Crippen LogP contribution in [-0.4, -0.2) is 13.1 Å². The number of fused-ring (bicyclic) bond motifs is 2. The summed E-state index contributed by atoms with van der Waals surface area (Å²) in [6, 6.07) is 6.83. The van der Waals surface area contributed by atoms with E-state index in [0.717, 1.165) is 31.3 Å². The number of halogens is 2. The van der Waals surface area contributed by atoms with Gasteiger partial charge >= 0.3 is 5.97 Å². The van der Waals surface area contributed by atoms with Crippen molar-refractivity contribution in [1.82, 2.24) is 0 Å². The molecule has 0 aliphatic heterocycles. The van der Waals surface area contributed by atoms with Gasteiger partial charge in [0.2, 0.25) is 0 Å². The average Bonchev–Trinajstić information content (AvgIpc) is 2.76. The van der Waals surface area contributed by atoms with Gasteiger partial charge in [-0.25, -0.2) is 13.6 Å². The summed E-state index contributed by atoms with van der Waals surface area (Å²) in [4.78, 5) is 11.7. The molecule has 0 aromatic heterocycles. The van der Waals surface area contributed by atoms with Gasteiger partial charge in [0.25, 0.3) is 0 Å². The summed E-state index contributed by atoms with van der Waals surface area (Å²) in [7, 11) is 1.13. The Morgan fingerprint density at radius 3 is 2.60 bits per heavy atom. The van der Waals surface area contributed by atoms with E-state index in [2.05, 4.69) is 11.7 Å². The summed E-state index contributed by atoms with van der Waals surface area (Å²) in [5, 5.41) is 0.784. The summed E-state index contributed by atoms with van der Waals surface area (Å²) < 4.78 is 33.7. The van der Waals surface area contributed by atoms with Crippen LogP contribution < -0.4 is 0 Å². The van der Waals surface area contributed by atoms with Gasteiger partial charge in [-0.05, 0) is 72.8 Å². The van der Waals surface area contributed by atoms with Crippen molar-refractivity contribution in [2.75, 3.05) is 7.11 Å². The zero-order chi connectivity index (χ0) is 21.3. The van der Waals surface area contributed by atoms with Crippen LogP contribution in [0.25, 0.3) is 10.8 Å². The first-order valence-electron chi connectivity index (χ1n) is 11.5. The molecule has 0 heterocycles. The van der Waals surface area contributed by atoms with Gasteiger partial charge in [-0.3, -0.25) is 0 Å². The second kappa shape index (κ2) is 9.03. The van der Waals surface area contributed by atoms with E-state index < -0.39 is 23.2 Å². The second-order valence-corrected chi connectivity index (χ2v) is 9.37. The molecule has 4 heteroatoms. The number of ether oxygens (including phenoxy) is 1. The molecule has 2 saturated carbocycles. The fraction of sp³-hybridized carbons (Fsp3) is 0.577. The highest BCUT2D eigenvalue weighted by atomic mass is 19.1. The van der Waals surface area contributed by atoms with Gasteiger partial charge < -0.3 is 4.74 Å². The normalized spacial score (nSPS) is 26.4. The first kappa shape index (κ1) is 21.3. The topological polar surface area (TPSA) is 26.3 Å². The molecule has 2 aliphatic rings. The van der Waals surface area contributed by atoms with E-state index in [1.165, 1.54) is 63.0 Å². The molecule has 0 spiro atoms. The van der Waals surface area contributed by atoms with Crippen LogP contribution in [0.4, 0.5) is 8.78 Å². The fourth-order valence-corrected chi connectivity index (χ4v) is 5.94. The van der Waals surface area contributed by atoms with Crippen molar-refractivity contribution >= 4 is 16.7 Å². The van der Waals surface area contributed by atoms with Gasteiger partial charge in [0.05, 0.1) is 7.11 Å². The molecule has 0 saturated heterocycles. The Hall–Kier alpha value is -1.97. The number of esters is 1. The molecule has 2 aromatic rings. The van der Waals surface area contributed by atoms with E-state index >= 15 is 0 Å². The van der Waals surface area contributed by atoms with Crippen molar-refractivity contribution < 1.29 is 18.3 Å². The number of carbonyl (C=O) groups excluding carboxylic acids is 1. The molecule has 2 nitrogen and oxygen atoms in total. The predicted molar refractivity (Wildman–Crippen MR) is 116 cm³/mol. The lowest BCUT2D eigenvalue weighted by molar-refractivity contribution is 0.0590.